The predicted octanol–water partition coefficient (Wildman–Crippen LogP) is 1.49. The van der Waals surface area contributed by atoms with Crippen LogP contribution >= 0.6 is 0 Å². The van der Waals surface area contributed by atoms with E-state index in [1.54, 1.807) is 7.11 Å². The first-order valence-corrected chi connectivity index (χ1v) is 6.29. The Balaban J connectivity index is 2.00. The van der Waals surface area contributed by atoms with Gasteiger partial charge >= 0.3 is 0 Å². The summed E-state index contributed by atoms with van der Waals surface area (Å²) < 4.78 is 7.16. The summed E-state index contributed by atoms with van der Waals surface area (Å²) in [5.74, 6) is 0.865. The summed E-state index contributed by atoms with van der Waals surface area (Å²) in [6, 6.07) is 7.99. The van der Waals surface area contributed by atoms with Gasteiger partial charge in [0.25, 0.3) is 0 Å². The predicted molar refractivity (Wildman–Crippen MR) is 76.4 cm³/mol. The van der Waals surface area contributed by atoms with Crippen molar-refractivity contribution in [1.82, 2.24) is 9.55 Å². The second-order valence-electron chi connectivity index (χ2n) is 4.45. The minimum absolute atomic E-state index is 0.629. The lowest BCUT2D eigenvalue weighted by atomic mass is 10.2. The highest BCUT2D eigenvalue weighted by Gasteiger charge is 2.05. The van der Waals surface area contributed by atoms with Gasteiger partial charge < -0.3 is 19.9 Å². The van der Waals surface area contributed by atoms with Crippen molar-refractivity contribution in [2.24, 2.45) is 5.73 Å². The summed E-state index contributed by atoms with van der Waals surface area (Å²) >= 11 is 0. The molecule has 2 N–H and O–H groups in total. The van der Waals surface area contributed by atoms with Crippen molar-refractivity contribution in [2.75, 3.05) is 25.6 Å². The van der Waals surface area contributed by atoms with Gasteiger partial charge in [0.2, 0.25) is 0 Å². The quantitative estimate of drug-likeness (QED) is 0.855. The summed E-state index contributed by atoms with van der Waals surface area (Å²) in [6.45, 7) is 2.20. The molecule has 1 aromatic carbocycles. The molecule has 0 spiro atoms. The Morgan fingerprint density at radius 1 is 1.32 bits per heavy atom. The molecule has 0 bridgehead atoms. The summed E-state index contributed by atoms with van der Waals surface area (Å²) in [4.78, 5) is 6.52. The lowest BCUT2D eigenvalue weighted by molar-refractivity contribution is 0.415. The number of imidazole rings is 1. The molecule has 102 valence electrons. The standard InChI is InChI=1S/C14H20N4O/c1-17(13-3-5-14(19-2)6-4-13)9-12-10-18(8-7-15)11-16-12/h3-6,10-11H,7-9,15H2,1-2H3. The van der Waals surface area contributed by atoms with Crippen LogP contribution < -0.4 is 15.4 Å². The van der Waals surface area contributed by atoms with E-state index in [1.165, 1.54) is 0 Å². The maximum absolute atomic E-state index is 5.52. The Hall–Kier alpha value is -2.01. The SMILES string of the molecule is COc1ccc(N(C)Cc2cn(CCN)cn2)cc1. The summed E-state index contributed by atoms with van der Waals surface area (Å²) in [5.41, 5.74) is 7.69. The lowest BCUT2D eigenvalue weighted by Crippen LogP contribution is -2.16. The topological polar surface area (TPSA) is 56.3 Å². The van der Waals surface area contributed by atoms with Crippen molar-refractivity contribution in [1.29, 1.82) is 0 Å². The molecule has 5 nitrogen and oxygen atoms in total. The molecule has 0 atom stereocenters. The molecule has 2 aromatic rings. The maximum Gasteiger partial charge on any atom is 0.119 e. The first-order valence-electron chi connectivity index (χ1n) is 6.29. The molecule has 0 aliphatic carbocycles. The second-order valence-corrected chi connectivity index (χ2v) is 4.45. The average Bonchev–Trinajstić information content (AvgIpc) is 2.86. The highest BCUT2D eigenvalue weighted by atomic mass is 16.5. The molecule has 0 unspecified atom stereocenters. The van der Waals surface area contributed by atoms with Crippen LogP contribution in [0.3, 0.4) is 0 Å². The van der Waals surface area contributed by atoms with Crippen LogP contribution in [0, 0.1) is 0 Å². The van der Waals surface area contributed by atoms with Gasteiger partial charge in [0.15, 0.2) is 0 Å². The van der Waals surface area contributed by atoms with Crippen molar-refractivity contribution in [3.05, 3.63) is 42.5 Å². The van der Waals surface area contributed by atoms with Crippen LogP contribution in [0.1, 0.15) is 5.69 Å². The van der Waals surface area contributed by atoms with Crippen molar-refractivity contribution >= 4 is 5.69 Å². The Labute approximate surface area is 113 Å². The number of hydrogen-bond donors (Lipinski definition) is 1. The van der Waals surface area contributed by atoms with Crippen LogP contribution in [-0.2, 0) is 13.1 Å². The zero-order valence-corrected chi connectivity index (χ0v) is 11.4. The van der Waals surface area contributed by atoms with Gasteiger partial charge in [0, 0.05) is 32.0 Å². The molecule has 0 radical (unpaired) electrons. The normalized spacial score (nSPS) is 10.5. The molecule has 0 amide bonds. The van der Waals surface area contributed by atoms with Crippen LogP contribution in [0.25, 0.3) is 0 Å². The molecule has 0 fully saturated rings. The minimum atomic E-state index is 0.629. The van der Waals surface area contributed by atoms with E-state index in [9.17, 15) is 0 Å². The Morgan fingerprint density at radius 3 is 2.68 bits per heavy atom. The number of nitrogens with zero attached hydrogens (tertiary/aromatic N) is 3. The molecule has 5 heteroatoms. The first kappa shape index (κ1) is 13.4. The Morgan fingerprint density at radius 2 is 2.05 bits per heavy atom. The van der Waals surface area contributed by atoms with E-state index in [0.717, 1.165) is 30.2 Å². The molecule has 19 heavy (non-hydrogen) atoms. The van der Waals surface area contributed by atoms with Crippen molar-refractivity contribution in [3.63, 3.8) is 0 Å². The lowest BCUT2D eigenvalue weighted by Gasteiger charge is -2.18. The Bertz CT molecular complexity index is 506. The van der Waals surface area contributed by atoms with E-state index in [0.29, 0.717) is 6.54 Å². The molecule has 1 aromatic heterocycles. The molecule has 0 saturated carbocycles. The monoisotopic (exact) mass is 260 g/mol. The third-order valence-electron chi connectivity index (χ3n) is 2.99. The molecular weight excluding hydrogens is 240 g/mol. The molecule has 0 aliphatic heterocycles. The molecule has 0 saturated heterocycles. The summed E-state index contributed by atoms with van der Waals surface area (Å²) in [5, 5.41) is 0. The first-order chi connectivity index (χ1) is 9.22. The molecule has 1 heterocycles. The number of methoxy groups -OCH3 is 1. The smallest absolute Gasteiger partial charge is 0.119 e. The molecule has 0 aliphatic rings. The zero-order valence-electron chi connectivity index (χ0n) is 11.4. The van der Waals surface area contributed by atoms with E-state index in [2.05, 4.69) is 9.88 Å². The van der Waals surface area contributed by atoms with E-state index in [-0.39, 0.29) is 0 Å². The third kappa shape index (κ3) is 3.48. The van der Waals surface area contributed by atoms with E-state index in [4.69, 9.17) is 10.5 Å². The second kappa shape index (κ2) is 6.24. The largest absolute Gasteiger partial charge is 0.497 e. The van der Waals surface area contributed by atoms with Gasteiger partial charge in [-0.1, -0.05) is 0 Å². The number of hydrogen-bond acceptors (Lipinski definition) is 4. The number of rotatable bonds is 6. The van der Waals surface area contributed by atoms with Gasteiger partial charge in [-0.25, -0.2) is 4.98 Å². The fourth-order valence-electron chi connectivity index (χ4n) is 1.93. The van der Waals surface area contributed by atoms with E-state index >= 15 is 0 Å². The van der Waals surface area contributed by atoms with Crippen molar-refractivity contribution < 1.29 is 4.74 Å². The highest BCUT2D eigenvalue weighted by Crippen LogP contribution is 2.19. The van der Waals surface area contributed by atoms with Crippen molar-refractivity contribution in [2.45, 2.75) is 13.1 Å². The molecular formula is C14H20N4O. The highest BCUT2D eigenvalue weighted by molar-refractivity contribution is 5.48. The van der Waals surface area contributed by atoms with Gasteiger partial charge in [0.1, 0.15) is 5.75 Å². The fraction of sp³-hybridized carbons (Fsp3) is 0.357. The van der Waals surface area contributed by atoms with E-state index in [1.807, 2.05) is 48.4 Å². The van der Waals surface area contributed by atoms with Crippen LogP contribution in [0.4, 0.5) is 5.69 Å². The number of benzene rings is 1. The van der Waals surface area contributed by atoms with Crippen LogP contribution in [0.5, 0.6) is 5.75 Å². The van der Waals surface area contributed by atoms with Gasteiger partial charge in [0.05, 0.1) is 25.7 Å². The van der Waals surface area contributed by atoms with Crippen LogP contribution in [0.2, 0.25) is 0 Å². The van der Waals surface area contributed by atoms with Crippen molar-refractivity contribution in [3.8, 4) is 5.75 Å². The number of ether oxygens (including phenoxy) is 1. The van der Waals surface area contributed by atoms with E-state index < -0.39 is 0 Å². The molecule has 2 rings (SSSR count). The van der Waals surface area contributed by atoms with Crippen LogP contribution in [-0.4, -0.2) is 30.3 Å². The number of nitrogens with two attached hydrogens (primary N) is 1. The Kier molecular flexibility index (Phi) is 4.41. The number of aromatic nitrogens is 2. The zero-order chi connectivity index (χ0) is 13.7. The van der Waals surface area contributed by atoms with Gasteiger partial charge in [-0.3, -0.25) is 0 Å². The minimum Gasteiger partial charge on any atom is -0.497 e. The summed E-state index contributed by atoms with van der Waals surface area (Å²) in [7, 11) is 3.71. The van der Waals surface area contributed by atoms with Gasteiger partial charge in [-0.15, -0.1) is 0 Å². The van der Waals surface area contributed by atoms with Gasteiger partial charge in [-0.2, -0.15) is 0 Å². The van der Waals surface area contributed by atoms with Crippen LogP contribution in [0.15, 0.2) is 36.8 Å². The fourth-order valence-corrected chi connectivity index (χ4v) is 1.93. The average molecular weight is 260 g/mol. The third-order valence-corrected chi connectivity index (χ3v) is 2.99. The maximum atomic E-state index is 5.52. The summed E-state index contributed by atoms with van der Waals surface area (Å²) in [6.07, 6.45) is 3.86. The van der Waals surface area contributed by atoms with Gasteiger partial charge in [-0.05, 0) is 24.3 Å². The number of anilines is 1.